The van der Waals surface area contributed by atoms with E-state index >= 15 is 0 Å². The van der Waals surface area contributed by atoms with Gasteiger partial charge in [-0.05, 0) is 64.0 Å². The van der Waals surface area contributed by atoms with Gasteiger partial charge in [-0.25, -0.2) is 0 Å². The molecule has 0 heterocycles. The summed E-state index contributed by atoms with van der Waals surface area (Å²) < 4.78 is 0. The number of hydrogen-bond donors (Lipinski definition) is 1. The van der Waals surface area contributed by atoms with Gasteiger partial charge >= 0.3 is 0 Å². The largest absolute Gasteiger partial charge is 0.393 e. The van der Waals surface area contributed by atoms with Crippen molar-refractivity contribution in [2.45, 2.75) is 67.4 Å². The van der Waals surface area contributed by atoms with Crippen molar-refractivity contribution in [3.8, 4) is 0 Å². The topological polar surface area (TPSA) is 37.3 Å². The van der Waals surface area contributed by atoms with Gasteiger partial charge in [-0.3, -0.25) is 4.79 Å². The lowest BCUT2D eigenvalue weighted by atomic mass is 9.71. The lowest BCUT2D eigenvalue weighted by molar-refractivity contribution is -0.104. The molecule has 0 bridgehead atoms. The molecule has 1 atom stereocenters. The van der Waals surface area contributed by atoms with Crippen molar-refractivity contribution >= 4 is 6.29 Å². The molecule has 172 valence electrons. The van der Waals surface area contributed by atoms with Crippen LogP contribution in [0.2, 0.25) is 0 Å². The molecule has 1 rings (SSSR count). The average Bonchev–Trinajstić information content (AvgIpc) is 2.69. The number of aliphatic hydroxyl groups is 1. The van der Waals surface area contributed by atoms with Crippen molar-refractivity contribution in [1.29, 1.82) is 0 Å². The van der Waals surface area contributed by atoms with E-state index in [4.69, 9.17) is 0 Å². The zero-order valence-electron chi connectivity index (χ0n) is 20.9. The third-order valence-electron chi connectivity index (χ3n) is 5.44. The van der Waals surface area contributed by atoms with Crippen molar-refractivity contribution in [3.05, 3.63) is 106 Å². The maximum atomic E-state index is 10.6. The quantitative estimate of drug-likeness (QED) is 0.230. The lowest BCUT2D eigenvalue weighted by Crippen LogP contribution is -2.28. The molecular formula is C30H40O2. The van der Waals surface area contributed by atoms with E-state index in [-0.39, 0.29) is 11.5 Å². The summed E-state index contributed by atoms with van der Waals surface area (Å²) >= 11 is 0. The zero-order chi connectivity index (χ0) is 24.1. The van der Waals surface area contributed by atoms with Crippen LogP contribution in [-0.2, 0) is 4.79 Å². The zero-order valence-corrected chi connectivity index (χ0v) is 20.9. The van der Waals surface area contributed by atoms with Gasteiger partial charge in [0.25, 0.3) is 0 Å². The highest BCUT2D eigenvalue weighted by Gasteiger charge is 2.31. The highest BCUT2D eigenvalue weighted by molar-refractivity contribution is 5.72. The minimum atomic E-state index is -0.226. The van der Waals surface area contributed by atoms with Gasteiger partial charge in [0.2, 0.25) is 0 Å². The van der Waals surface area contributed by atoms with E-state index in [0.29, 0.717) is 5.57 Å². The molecule has 0 unspecified atom stereocenters. The first-order valence-electron chi connectivity index (χ1n) is 11.3. The molecular weight excluding hydrogens is 392 g/mol. The van der Waals surface area contributed by atoms with E-state index in [1.807, 2.05) is 37.3 Å². The van der Waals surface area contributed by atoms with E-state index in [9.17, 15) is 9.90 Å². The molecule has 0 saturated heterocycles. The molecule has 0 spiro atoms. The maximum Gasteiger partial charge on any atom is 0.145 e. The SMILES string of the molecule is CC1=C(/C=C/C(C)=C/C=C/C(C)=C/C=C/C=C(C)/C=C/C=C(\C)C=O)C(C)(C)C[C@H](O)C1. The van der Waals surface area contributed by atoms with E-state index in [1.54, 1.807) is 13.0 Å². The molecule has 2 nitrogen and oxygen atoms in total. The molecule has 32 heavy (non-hydrogen) atoms. The van der Waals surface area contributed by atoms with E-state index in [1.165, 1.54) is 22.3 Å². The van der Waals surface area contributed by atoms with Gasteiger partial charge < -0.3 is 5.11 Å². The maximum absolute atomic E-state index is 10.6. The Morgan fingerprint density at radius 2 is 1.28 bits per heavy atom. The summed E-state index contributed by atoms with van der Waals surface area (Å²) in [6.45, 7) is 14.5. The summed E-state index contributed by atoms with van der Waals surface area (Å²) in [5.41, 5.74) is 6.81. The Bertz CT molecular complexity index is 922. The number of rotatable bonds is 9. The smallest absolute Gasteiger partial charge is 0.145 e. The first kappa shape index (κ1) is 27.3. The first-order chi connectivity index (χ1) is 15.0. The van der Waals surface area contributed by atoms with E-state index < -0.39 is 0 Å². The van der Waals surface area contributed by atoms with Gasteiger partial charge in [0, 0.05) is 0 Å². The molecule has 0 amide bonds. The summed E-state index contributed by atoms with van der Waals surface area (Å²) in [7, 11) is 0. The molecule has 0 saturated carbocycles. The Balaban J connectivity index is 2.68. The normalized spacial score (nSPS) is 21.7. The highest BCUT2D eigenvalue weighted by atomic mass is 16.3. The second kappa shape index (κ2) is 13.6. The van der Waals surface area contributed by atoms with Crippen LogP contribution in [-0.4, -0.2) is 17.5 Å². The summed E-state index contributed by atoms with van der Waals surface area (Å²) in [4.78, 5) is 10.6. The van der Waals surface area contributed by atoms with Gasteiger partial charge in [0.05, 0.1) is 6.10 Å². The van der Waals surface area contributed by atoms with Crippen molar-refractivity contribution in [2.24, 2.45) is 5.41 Å². The molecule has 1 aliphatic rings. The number of allylic oxidation sites excluding steroid dienone is 17. The molecule has 1 aliphatic carbocycles. The Labute approximate surface area is 195 Å². The van der Waals surface area contributed by atoms with Crippen LogP contribution >= 0.6 is 0 Å². The Morgan fingerprint density at radius 1 is 0.812 bits per heavy atom. The van der Waals surface area contributed by atoms with Crippen molar-refractivity contribution in [1.82, 2.24) is 0 Å². The summed E-state index contributed by atoms with van der Waals surface area (Å²) in [5, 5.41) is 10.0. The third kappa shape index (κ3) is 10.5. The van der Waals surface area contributed by atoms with Gasteiger partial charge in [-0.2, -0.15) is 0 Å². The molecule has 1 N–H and O–H groups in total. The van der Waals surface area contributed by atoms with Crippen LogP contribution in [0.5, 0.6) is 0 Å². The minimum absolute atomic E-state index is 0.00771. The van der Waals surface area contributed by atoms with E-state index in [0.717, 1.165) is 24.7 Å². The van der Waals surface area contributed by atoms with Crippen LogP contribution in [0.15, 0.2) is 106 Å². The summed E-state index contributed by atoms with van der Waals surface area (Å²) in [6, 6.07) is 0. The molecule has 0 aromatic carbocycles. The monoisotopic (exact) mass is 432 g/mol. The third-order valence-corrected chi connectivity index (χ3v) is 5.44. The van der Waals surface area contributed by atoms with Crippen LogP contribution in [0.1, 0.15) is 61.3 Å². The fraction of sp³-hybridized carbons (Fsp3) is 0.367. The number of carbonyl (C=O) groups is 1. The van der Waals surface area contributed by atoms with Crippen molar-refractivity contribution in [2.75, 3.05) is 0 Å². The van der Waals surface area contributed by atoms with Crippen LogP contribution in [0.3, 0.4) is 0 Å². The van der Waals surface area contributed by atoms with Crippen molar-refractivity contribution < 1.29 is 9.90 Å². The molecule has 0 radical (unpaired) electrons. The lowest BCUT2D eigenvalue weighted by Gasteiger charge is -2.35. The Kier molecular flexibility index (Phi) is 11.7. The number of aldehydes is 1. The number of aliphatic hydroxyl groups excluding tert-OH is 1. The highest BCUT2D eigenvalue weighted by Crippen LogP contribution is 2.41. The Morgan fingerprint density at radius 3 is 1.78 bits per heavy atom. The second-order valence-corrected chi connectivity index (χ2v) is 9.34. The van der Waals surface area contributed by atoms with Crippen LogP contribution in [0, 0.1) is 5.41 Å². The first-order valence-corrected chi connectivity index (χ1v) is 11.3. The van der Waals surface area contributed by atoms with Gasteiger partial charge in [0.1, 0.15) is 6.29 Å². The Hall–Kier alpha value is -2.71. The van der Waals surface area contributed by atoms with Gasteiger partial charge in [-0.1, -0.05) is 109 Å². The summed E-state index contributed by atoms with van der Waals surface area (Å²) in [5.74, 6) is 0. The van der Waals surface area contributed by atoms with Gasteiger partial charge in [-0.15, -0.1) is 0 Å². The molecule has 0 aromatic rings. The van der Waals surface area contributed by atoms with Gasteiger partial charge in [0.15, 0.2) is 0 Å². The number of carbonyl (C=O) groups excluding carboxylic acids is 1. The number of hydrogen-bond acceptors (Lipinski definition) is 2. The second-order valence-electron chi connectivity index (χ2n) is 9.34. The molecule has 0 fully saturated rings. The van der Waals surface area contributed by atoms with Crippen LogP contribution < -0.4 is 0 Å². The minimum Gasteiger partial charge on any atom is -0.393 e. The standard InChI is InChI=1S/C30H40O2/c1-23(12-8-9-13-24(2)15-11-17-26(4)22-31)14-10-16-25(3)18-19-29-27(5)20-28(32)21-30(29,6)7/h8-19,22,28,32H,20-21H2,1-7H3/b9-8+,14-10+,15-11+,19-18+,23-12+,24-13+,25-16+,26-17+/t28-/m1/s1. The van der Waals surface area contributed by atoms with Crippen LogP contribution in [0.25, 0.3) is 0 Å². The predicted molar refractivity (Wildman–Crippen MR) is 139 cm³/mol. The predicted octanol–water partition coefficient (Wildman–Crippen LogP) is 7.69. The fourth-order valence-corrected chi connectivity index (χ4v) is 3.72. The molecule has 2 heteroatoms. The van der Waals surface area contributed by atoms with Crippen molar-refractivity contribution in [3.63, 3.8) is 0 Å². The molecule has 0 aromatic heterocycles. The van der Waals surface area contributed by atoms with E-state index in [2.05, 4.69) is 71.1 Å². The fourth-order valence-electron chi connectivity index (χ4n) is 3.72. The van der Waals surface area contributed by atoms with Crippen LogP contribution in [0.4, 0.5) is 0 Å². The molecule has 0 aliphatic heterocycles. The average molecular weight is 433 g/mol. The summed E-state index contributed by atoms with van der Waals surface area (Å²) in [6.07, 6.45) is 26.6.